The number of hydrogen-bond acceptors (Lipinski definition) is 2. The van der Waals surface area contributed by atoms with E-state index in [1.54, 1.807) is 6.07 Å². The van der Waals surface area contributed by atoms with Gasteiger partial charge in [-0.05, 0) is 55.9 Å². The van der Waals surface area contributed by atoms with Crippen molar-refractivity contribution in [3.8, 4) is 5.75 Å². The number of imidazole rings is 1. The highest BCUT2D eigenvalue weighted by molar-refractivity contribution is 5.55. The van der Waals surface area contributed by atoms with Gasteiger partial charge in [-0.25, -0.2) is 13.8 Å². The maximum absolute atomic E-state index is 14.6. The van der Waals surface area contributed by atoms with E-state index < -0.39 is 11.6 Å². The predicted molar refractivity (Wildman–Crippen MR) is 87.3 cm³/mol. The highest BCUT2D eigenvalue weighted by atomic mass is 19.1. The van der Waals surface area contributed by atoms with E-state index in [0.29, 0.717) is 17.0 Å². The van der Waals surface area contributed by atoms with Gasteiger partial charge in [-0.15, -0.1) is 0 Å². The van der Waals surface area contributed by atoms with Crippen molar-refractivity contribution in [2.45, 2.75) is 39.2 Å². The van der Waals surface area contributed by atoms with Gasteiger partial charge >= 0.3 is 0 Å². The number of pyridine rings is 1. The topological polar surface area (TPSA) is 26.5 Å². The first-order chi connectivity index (χ1) is 11.5. The zero-order valence-corrected chi connectivity index (χ0v) is 13.6. The summed E-state index contributed by atoms with van der Waals surface area (Å²) < 4.78 is 36.3. The van der Waals surface area contributed by atoms with Gasteiger partial charge in [0.05, 0.1) is 11.3 Å². The summed E-state index contributed by atoms with van der Waals surface area (Å²) in [5.74, 6) is -0.288. The molecule has 5 heteroatoms. The summed E-state index contributed by atoms with van der Waals surface area (Å²) in [5, 5.41) is 0. The van der Waals surface area contributed by atoms with Crippen molar-refractivity contribution in [2.75, 3.05) is 0 Å². The molecular weight excluding hydrogens is 310 g/mol. The summed E-state index contributed by atoms with van der Waals surface area (Å²) in [6.07, 6.45) is 5.77. The van der Waals surface area contributed by atoms with Crippen molar-refractivity contribution in [1.29, 1.82) is 0 Å². The molecule has 2 heterocycles. The van der Waals surface area contributed by atoms with Gasteiger partial charge in [0.25, 0.3) is 0 Å². The monoisotopic (exact) mass is 328 g/mol. The second-order valence-electron chi connectivity index (χ2n) is 6.49. The molecule has 1 saturated carbocycles. The Morgan fingerprint density at radius 3 is 2.75 bits per heavy atom. The summed E-state index contributed by atoms with van der Waals surface area (Å²) >= 11 is 0. The third-order valence-corrected chi connectivity index (χ3v) is 4.38. The van der Waals surface area contributed by atoms with Crippen LogP contribution < -0.4 is 4.74 Å². The molecule has 1 aliphatic carbocycles. The Morgan fingerprint density at radius 1 is 1.21 bits per heavy atom. The summed E-state index contributed by atoms with van der Waals surface area (Å²) in [7, 11) is 0. The number of ether oxygens (including phenoxy) is 1. The quantitative estimate of drug-likeness (QED) is 0.695. The van der Waals surface area contributed by atoms with Crippen LogP contribution in [0.2, 0.25) is 0 Å². The van der Waals surface area contributed by atoms with Gasteiger partial charge in [0.1, 0.15) is 18.2 Å². The number of nitrogens with zero attached hydrogens (tertiary/aromatic N) is 2. The molecule has 0 unspecified atom stereocenters. The van der Waals surface area contributed by atoms with Crippen LogP contribution in [0.4, 0.5) is 8.78 Å². The van der Waals surface area contributed by atoms with Crippen molar-refractivity contribution in [3.05, 3.63) is 64.6 Å². The molecule has 1 aliphatic rings. The molecule has 4 rings (SSSR count). The van der Waals surface area contributed by atoms with E-state index in [-0.39, 0.29) is 18.1 Å². The fraction of sp³-hybridized carbons (Fsp3) is 0.316. The number of aryl methyl sites for hydroxylation is 2. The van der Waals surface area contributed by atoms with Crippen molar-refractivity contribution in [1.82, 2.24) is 9.38 Å². The van der Waals surface area contributed by atoms with Crippen molar-refractivity contribution in [2.24, 2.45) is 0 Å². The highest BCUT2D eigenvalue weighted by Gasteiger charge is 2.28. The zero-order chi connectivity index (χ0) is 16.8. The van der Waals surface area contributed by atoms with Gasteiger partial charge in [0.2, 0.25) is 0 Å². The summed E-state index contributed by atoms with van der Waals surface area (Å²) in [5.41, 5.74) is 3.08. The van der Waals surface area contributed by atoms with Gasteiger partial charge in [-0.3, -0.25) is 0 Å². The largest absolute Gasteiger partial charge is 0.485 e. The van der Waals surface area contributed by atoms with E-state index >= 15 is 0 Å². The number of benzene rings is 1. The molecule has 0 radical (unpaired) electrons. The van der Waals surface area contributed by atoms with Crippen molar-refractivity contribution >= 4 is 5.65 Å². The minimum Gasteiger partial charge on any atom is -0.485 e. The Labute approximate surface area is 138 Å². The van der Waals surface area contributed by atoms with Crippen molar-refractivity contribution in [3.63, 3.8) is 0 Å². The average Bonchev–Trinajstić information content (AvgIpc) is 3.28. The number of aromatic nitrogens is 2. The number of hydrogen-bond donors (Lipinski definition) is 0. The van der Waals surface area contributed by atoms with Gasteiger partial charge in [-0.2, -0.15) is 0 Å². The number of rotatable bonds is 4. The molecule has 1 aromatic carbocycles. The van der Waals surface area contributed by atoms with E-state index in [1.165, 1.54) is 6.07 Å². The van der Waals surface area contributed by atoms with Crippen LogP contribution in [0.15, 0.2) is 30.6 Å². The van der Waals surface area contributed by atoms with Crippen LogP contribution in [0.3, 0.4) is 0 Å². The van der Waals surface area contributed by atoms with Crippen molar-refractivity contribution < 1.29 is 13.5 Å². The molecule has 24 heavy (non-hydrogen) atoms. The van der Waals surface area contributed by atoms with Gasteiger partial charge in [-0.1, -0.05) is 6.07 Å². The lowest BCUT2D eigenvalue weighted by atomic mass is 10.1. The smallest absolute Gasteiger partial charge is 0.179 e. The fourth-order valence-corrected chi connectivity index (χ4v) is 3.04. The average molecular weight is 328 g/mol. The first kappa shape index (κ1) is 15.1. The van der Waals surface area contributed by atoms with Crippen LogP contribution in [-0.2, 0) is 6.61 Å². The lowest BCUT2D eigenvalue weighted by Gasteiger charge is -2.12. The summed E-state index contributed by atoms with van der Waals surface area (Å²) in [6, 6.07) is 4.72. The predicted octanol–water partition coefficient (Wildman–Crippen LogP) is 4.69. The Balaban J connectivity index is 1.67. The first-order valence-corrected chi connectivity index (χ1v) is 8.08. The molecule has 3 aromatic rings. The van der Waals surface area contributed by atoms with Gasteiger partial charge in [0.15, 0.2) is 11.4 Å². The highest BCUT2D eigenvalue weighted by Crippen LogP contribution is 2.42. The maximum atomic E-state index is 14.6. The zero-order valence-electron chi connectivity index (χ0n) is 13.6. The second kappa shape index (κ2) is 5.58. The Morgan fingerprint density at radius 2 is 2.00 bits per heavy atom. The van der Waals surface area contributed by atoms with Crippen LogP contribution in [0.25, 0.3) is 5.65 Å². The Kier molecular flexibility index (Phi) is 3.52. The lowest BCUT2D eigenvalue weighted by molar-refractivity contribution is 0.293. The van der Waals surface area contributed by atoms with Crippen LogP contribution in [0.5, 0.6) is 5.75 Å². The van der Waals surface area contributed by atoms with Crippen LogP contribution in [0.1, 0.15) is 41.1 Å². The van der Waals surface area contributed by atoms with E-state index in [0.717, 1.165) is 24.1 Å². The molecule has 2 aromatic heterocycles. The molecule has 0 N–H and O–H groups in total. The van der Waals surface area contributed by atoms with Crippen LogP contribution in [-0.4, -0.2) is 9.38 Å². The normalized spacial score (nSPS) is 14.3. The third-order valence-electron chi connectivity index (χ3n) is 4.38. The standard InChI is InChI=1S/C19H18F2N2O/c1-11-7-17(19-22-12(2)9-23(19)8-11)24-10-15-16(20)6-5-14(18(15)21)13-3-4-13/h5-9,13H,3-4,10H2,1-2H3. The molecular formula is C19H18F2N2O. The molecule has 1 fully saturated rings. The maximum Gasteiger partial charge on any atom is 0.179 e. The van der Waals surface area contributed by atoms with Gasteiger partial charge < -0.3 is 9.14 Å². The van der Waals surface area contributed by atoms with E-state index in [1.807, 2.05) is 36.7 Å². The molecule has 124 valence electrons. The van der Waals surface area contributed by atoms with Crippen LogP contribution >= 0.6 is 0 Å². The van der Waals surface area contributed by atoms with Crippen LogP contribution in [0, 0.1) is 25.5 Å². The Bertz CT molecular complexity index is 929. The third kappa shape index (κ3) is 2.64. The van der Waals surface area contributed by atoms with Gasteiger partial charge in [0, 0.05) is 12.4 Å². The second-order valence-corrected chi connectivity index (χ2v) is 6.49. The summed E-state index contributed by atoms with van der Waals surface area (Å²) in [6.45, 7) is 3.68. The first-order valence-electron chi connectivity index (χ1n) is 8.08. The molecule has 0 amide bonds. The minimum absolute atomic E-state index is 0.0117. The molecule has 0 bridgehead atoms. The summed E-state index contributed by atoms with van der Waals surface area (Å²) in [4.78, 5) is 4.42. The number of halogens is 2. The molecule has 0 spiro atoms. The number of fused-ring (bicyclic) bond motifs is 1. The van der Waals surface area contributed by atoms with E-state index in [2.05, 4.69) is 4.98 Å². The molecule has 3 nitrogen and oxygen atoms in total. The molecule has 0 aliphatic heterocycles. The SMILES string of the molecule is Cc1cc(OCc2c(F)ccc(C3CC3)c2F)c2nc(C)cn2c1. The molecule has 0 atom stereocenters. The van der Waals surface area contributed by atoms with E-state index in [4.69, 9.17) is 4.74 Å². The van der Waals surface area contributed by atoms with E-state index in [9.17, 15) is 8.78 Å². The minimum atomic E-state index is -0.569. The lowest BCUT2D eigenvalue weighted by Crippen LogP contribution is -2.05. The fourth-order valence-electron chi connectivity index (χ4n) is 3.04. The Hall–Kier alpha value is -2.43. The molecule has 0 saturated heterocycles.